The first kappa shape index (κ1) is 33.8. The number of esters is 3. The minimum Gasteiger partial charge on any atom is -0.493 e. The molecule has 44 heavy (non-hydrogen) atoms. The predicted octanol–water partition coefficient (Wildman–Crippen LogP) is 7.80. The van der Waals surface area contributed by atoms with E-state index in [4.69, 9.17) is 14.2 Å². The summed E-state index contributed by atoms with van der Waals surface area (Å²) in [6.07, 6.45) is -2.46. The highest BCUT2D eigenvalue weighted by Crippen LogP contribution is 2.28. The molecular weight excluding hydrogens is 584 g/mol. The highest BCUT2D eigenvalue weighted by Gasteiger charge is 2.37. The molecule has 0 bridgehead atoms. The molecule has 0 saturated carbocycles. The predicted molar refractivity (Wildman–Crippen MR) is 154 cm³/mol. The molecule has 0 atom stereocenters. The van der Waals surface area contributed by atoms with Gasteiger partial charge in [-0.25, -0.2) is 18.8 Å². The van der Waals surface area contributed by atoms with Crippen LogP contribution >= 0.6 is 0 Å². The molecule has 0 aliphatic rings. The molecule has 0 fully saturated rings. The Balaban J connectivity index is 1.68. The summed E-state index contributed by atoms with van der Waals surface area (Å²) >= 11 is 0. The van der Waals surface area contributed by atoms with Gasteiger partial charge in [0.15, 0.2) is 0 Å². The van der Waals surface area contributed by atoms with E-state index in [9.17, 15) is 31.9 Å². The number of unbranched alkanes of at least 4 members (excludes halogenated alkanes) is 2. The quantitative estimate of drug-likeness (QED) is 0.0601. The van der Waals surface area contributed by atoms with Crippen molar-refractivity contribution >= 4 is 17.9 Å². The standard InChI is InChI=1S/C33H32F4O7/c1-4-5-6-16-41-29-15-13-25(20-27(29)31(39)43-18-7-17-42-30(38)22(3)33(35,36)37)44-32(40)26-14-12-24(19-28(26)34)23-10-8-21(2)9-11-23/h8-15,19-20H,3-7,16-18H2,1-2H3. The molecule has 0 aromatic heterocycles. The lowest BCUT2D eigenvalue weighted by atomic mass is 10.0. The van der Waals surface area contributed by atoms with Gasteiger partial charge in [0.05, 0.1) is 25.4 Å². The van der Waals surface area contributed by atoms with Crippen LogP contribution in [0.3, 0.4) is 0 Å². The largest absolute Gasteiger partial charge is 0.493 e. The van der Waals surface area contributed by atoms with Crippen LogP contribution in [0.2, 0.25) is 0 Å². The molecule has 11 heteroatoms. The maximum absolute atomic E-state index is 14.9. The molecule has 3 rings (SSSR count). The third kappa shape index (κ3) is 9.68. The van der Waals surface area contributed by atoms with Crippen LogP contribution in [0.5, 0.6) is 11.5 Å². The minimum absolute atomic E-state index is 0.0792. The first-order valence-corrected chi connectivity index (χ1v) is 13.9. The van der Waals surface area contributed by atoms with Gasteiger partial charge in [0.2, 0.25) is 0 Å². The SMILES string of the molecule is C=C(C(=O)OCCCOC(=O)c1cc(OC(=O)c2ccc(-c3ccc(C)cc3)cc2F)ccc1OCCCCC)C(F)(F)F. The van der Waals surface area contributed by atoms with Gasteiger partial charge in [0.25, 0.3) is 0 Å². The number of hydrogen-bond acceptors (Lipinski definition) is 7. The maximum atomic E-state index is 14.9. The zero-order valence-corrected chi connectivity index (χ0v) is 24.3. The van der Waals surface area contributed by atoms with Crippen molar-refractivity contribution < 1.29 is 50.9 Å². The zero-order chi connectivity index (χ0) is 32.3. The number of carbonyl (C=O) groups is 3. The molecular formula is C33H32F4O7. The van der Waals surface area contributed by atoms with E-state index in [1.54, 1.807) is 6.07 Å². The number of alkyl halides is 3. The summed E-state index contributed by atoms with van der Waals surface area (Å²) in [6.45, 7) is 6.14. The van der Waals surface area contributed by atoms with Crippen LogP contribution in [0.4, 0.5) is 17.6 Å². The van der Waals surface area contributed by atoms with E-state index in [1.165, 1.54) is 30.3 Å². The Morgan fingerprint density at radius 3 is 2.11 bits per heavy atom. The van der Waals surface area contributed by atoms with E-state index >= 15 is 0 Å². The van der Waals surface area contributed by atoms with Crippen molar-refractivity contribution in [1.82, 2.24) is 0 Å². The van der Waals surface area contributed by atoms with Crippen molar-refractivity contribution in [3.05, 3.63) is 95.3 Å². The van der Waals surface area contributed by atoms with Crippen LogP contribution in [0, 0.1) is 12.7 Å². The van der Waals surface area contributed by atoms with Gasteiger partial charge >= 0.3 is 24.1 Å². The zero-order valence-electron chi connectivity index (χ0n) is 24.3. The first-order chi connectivity index (χ1) is 20.9. The third-order valence-electron chi connectivity index (χ3n) is 6.30. The van der Waals surface area contributed by atoms with E-state index in [0.29, 0.717) is 18.6 Å². The van der Waals surface area contributed by atoms with Crippen LogP contribution in [0.25, 0.3) is 11.1 Å². The Hall–Kier alpha value is -4.67. The van der Waals surface area contributed by atoms with E-state index in [1.807, 2.05) is 38.1 Å². The second-order valence-corrected chi connectivity index (χ2v) is 9.77. The average Bonchev–Trinajstić information content (AvgIpc) is 2.98. The summed E-state index contributed by atoms with van der Waals surface area (Å²) in [6, 6.07) is 15.6. The molecule has 3 aromatic rings. The lowest BCUT2D eigenvalue weighted by Crippen LogP contribution is -2.21. The van der Waals surface area contributed by atoms with Crippen LogP contribution in [-0.4, -0.2) is 43.9 Å². The van der Waals surface area contributed by atoms with Gasteiger partial charge in [0, 0.05) is 6.42 Å². The normalized spacial score (nSPS) is 11.0. The fourth-order valence-corrected chi connectivity index (χ4v) is 3.83. The number of hydrogen-bond donors (Lipinski definition) is 0. The lowest BCUT2D eigenvalue weighted by Gasteiger charge is -2.14. The molecule has 0 aliphatic heterocycles. The van der Waals surface area contributed by atoms with Gasteiger partial charge in [-0.1, -0.05) is 62.2 Å². The van der Waals surface area contributed by atoms with Crippen molar-refractivity contribution in [3.63, 3.8) is 0 Å². The van der Waals surface area contributed by atoms with Crippen molar-refractivity contribution in [3.8, 4) is 22.6 Å². The van der Waals surface area contributed by atoms with Gasteiger partial charge < -0.3 is 18.9 Å². The van der Waals surface area contributed by atoms with E-state index in [2.05, 4.69) is 11.3 Å². The van der Waals surface area contributed by atoms with E-state index in [0.717, 1.165) is 24.0 Å². The minimum atomic E-state index is -4.91. The average molecular weight is 617 g/mol. The summed E-state index contributed by atoms with van der Waals surface area (Å²) in [5.74, 6) is -4.22. The molecule has 0 radical (unpaired) electrons. The Bertz CT molecular complexity index is 1480. The second-order valence-electron chi connectivity index (χ2n) is 9.77. The lowest BCUT2D eigenvalue weighted by molar-refractivity contribution is -0.150. The molecule has 0 spiro atoms. The van der Waals surface area contributed by atoms with E-state index in [-0.39, 0.29) is 35.7 Å². The molecule has 0 amide bonds. The highest BCUT2D eigenvalue weighted by molar-refractivity contribution is 5.95. The number of benzene rings is 3. The third-order valence-corrected chi connectivity index (χ3v) is 6.30. The van der Waals surface area contributed by atoms with Crippen molar-refractivity contribution in [1.29, 1.82) is 0 Å². The van der Waals surface area contributed by atoms with Crippen LogP contribution in [0.15, 0.2) is 72.8 Å². The van der Waals surface area contributed by atoms with Gasteiger partial charge in [-0.15, -0.1) is 0 Å². The topological polar surface area (TPSA) is 88.1 Å². The molecule has 0 unspecified atom stereocenters. The van der Waals surface area contributed by atoms with Gasteiger partial charge in [-0.3, -0.25) is 0 Å². The van der Waals surface area contributed by atoms with Gasteiger partial charge in [-0.05, 0) is 54.8 Å². The smallest absolute Gasteiger partial charge is 0.422 e. The molecule has 7 nitrogen and oxygen atoms in total. The number of halogens is 4. The van der Waals surface area contributed by atoms with Crippen molar-refractivity contribution in [2.45, 2.75) is 45.7 Å². The number of ether oxygens (including phenoxy) is 4. The summed E-state index contributed by atoms with van der Waals surface area (Å²) in [7, 11) is 0. The summed E-state index contributed by atoms with van der Waals surface area (Å²) in [5.41, 5.74) is 0.350. The highest BCUT2D eigenvalue weighted by atomic mass is 19.4. The molecule has 0 N–H and O–H groups in total. The molecule has 0 heterocycles. The number of rotatable bonds is 14. The van der Waals surface area contributed by atoms with Crippen molar-refractivity contribution in [2.24, 2.45) is 0 Å². The first-order valence-electron chi connectivity index (χ1n) is 13.9. The monoisotopic (exact) mass is 616 g/mol. The van der Waals surface area contributed by atoms with Gasteiger partial charge in [0.1, 0.15) is 28.5 Å². The van der Waals surface area contributed by atoms with Crippen LogP contribution in [0.1, 0.15) is 58.9 Å². The van der Waals surface area contributed by atoms with Crippen LogP contribution < -0.4 is 9.47 Å². The molecule has 0 saturated heterocycles. The Morgan fingerprint density at radius 2 is 1.45 bits per heavy atom. The number of carbonyl (C=O) groups excluding carboxylic acids is 3. The Kier molecular flexibility index (Phi) is 12.1. The van der Waals surface area contributed by atoms with E-state index < -0.39 is 42.1 Å². The maximum Gasteiger partial charge on any atom is 0.422 e. The molecule has 234 valence electrons. The molecule has 3 aromatic carbocycles. The number of aryl methyl sites for hydroxylation is 1. The van der Waals surface area contributed by atoms with Crippen LogP contribution in [-0.2, 0) is 14.3 Å². The summed E-state index contributed by atoms with van der Waals surface area (Å²) in [4.78, 5) is 37.1. The van der Waals surface area contributed by atoms with Crippen molar-refractivity contribution in [2.75, 3.05) is 19.8 Å². The molecule has 0 aliphatic carbocycles. The summed E-state index contributed by atoms with van der Waals surface area (Å²) < 4.78 is 73.2. The Labute approximate surface area is 252 Å². The second kappa shape index (κ2) is 15.7. The summed E-state index contributed by atoms with van der Waals surface area (Å²) in [5, 5.41) is 0. The fourth-order valence-electron chi connectivity index (χ4n) is 3.83. The van der Waals surface area contributed by atoms with Gasteiger partial charge in [-0.2, -0.15) is 13.2 Å². The Morgan fingerprint density at radius 1 is 0.773 bits per heavy atom. The fraction of sp³-hybridized carbons (Fsp3) is 0.303.